The number of hydrogen-bond acceptors (Lipinski definition) is 4. The lowest BCUT2D eigenvalue weighted by molar-refractivity contribution is 0.102. The summed E-state index contributed by atoms with van der Waals surface area (Å²) in [5, 5.41) is 2.94. The van der Waals surface area contributed by atoms with Gasteiger partial charge in [0.25, 0.3) is 5.91 Å². The second kappa shape index (κ2) is 9.42. The number of carbonyl (C=O) groups is 1. The molecule has 5 heteroatoms. The first-order valence-corrected chi connectivity index (χ1v) is 9.61. The Bertz CT molecular complexity index is 728. The van der Waals surface area contributed by atoms with Crippen LogP contribution < -0.4 is 15.0 Å². The fourth-order valence-corrected chi connectivity index (χ4v) is 3.15. The van der Waals surface area contributed by atoms with Gasteiger partial charge in [-0.1, -0.05) is 13.3 Å². The van der Waals surface area contributed by atoms with Crippen molar-refractivity contribution in [2.75, 3.05) is 37.0 Å². The van der Waals surface area contributed by atoms with Crippen LogP contribution in [0.25, 0.3) is 0 Å². The van der Waals surface area contributed by atoms with Gasteiger partial charge in [0.15, 0.2) is 0 Å². The number of nitrogens with zero attached hydrogens (tertiary/aromatic N) is 1. The molecule has 1 heterocycles. The number of nitrogens with one attached hydrogen (secondary N) is 1. The number of hydrogen-bond donors (Lipinski definition) is 1. The third kappa shape index (κ3) is 5.23. The van der Waals surface area contributed by atoms with E-state index in [9.17, 15) is 4.79 Å². The summed E-state index contributed by atoms with van der Waals surface area (Å²) in [7, 11) is 1.76. The first-order valence-electron chi connectivity index (χ1n) is 9.61. The number of ether oxygens (including phenoxy) is 2. The monoisotopic (exact) mass is 368 g/mol. The Morgan fingerprint density at radius 3 is 2.52 bits per heavy atom. The molecule has 2 aromatic rings. The van der Waals surface area contributed by atoms with Gasteiger partial charge in [-0.05, 0) is 61.4 Å². The summed E-state index contributed by atoms with van der Waals surface area (Å²) in [6.45, 7) is 4.74. The number of benzene rings is 2. The maximum Gasteiger partial charge on any atom is 0.255 e. The van der Waals surface area contributed by atoms with E-state index in [0.717, 1.165) is 49.5 Å². The maximum absolute atomic E-state index is 12.4. The van der Waals surface area contributed by atoms with Crippen LogP contribution in [0.5, 0.6) is 5.75 Å². The van der Waals surface area contributed by atoms with Gasteiger partial charge in [-0.2, -0.15) is 0 Å². The molecule has 0 bridgehead atoms. The van der Waals surface area contributed by atoms with E-state index in [1.54, 1.807) is 19.2 Å². The molecule has 1 aliphatic heterocycles. The molecule has 1 saturated heterocycles. The van der Waals surface area contributed by atoms with Crippen LogP contribution >= 0.6 is 0 Å². The Balaban J connectivity index is 1.54. The Morgan fingerprint density at radius 1 is 1.15 bits per heavy atom. The van der Waals surface area contributed by atoms with Crippen LogP contribution in [0, 0.1) is 0 Å². The standard InChI is InChI=1S/C22H28N2O3/c1-3-4-15-27-20-11-5-17(6-12-20)22(25)23-18-7-9-19(10-8-18)24-14-13-21(16-24)26-2/h5-12,21H,3-4,13-16H2,1-2H3,(H,23,25). The highest BCUT2D eigenvalue weighted by molar-refractivity contribution is 6.04. The Hall–Kier alpha value is -2.53. The second-order valence-electron chi connectivity index (χ2n) is 6.82. The normalized spacial score (nSPS) is 16.4. The lowest BCUT2D eigenvalue weighted by Crippen LogP contribution is -2.22. The summed E-state index contributed by atoms with van der Waals surface area (Å²) in [5.41, 5.74) is 2.56. The zero-order chi connectivity index (χ0) is 19.1. The summed E-state index contributed by atoms with van der Waals surface area (Å²) >= 11 is 0. The van der Waals surface area contributed by atoms with Gasteiger partial charge < -0.3 is 19.7 Å². The average Bonchev–Trinajstić information content (AvgIpc) is 3.18. The molecule has 0 aromatic heterocycles. The number of anilines is 2. The van der Waals surface area contributed by atoms with Gasteiger partial charge in [0.1, 0.15) is 5.75 Å². The summed E-state index contributed by atoms with van der Waals surface area (Å²) in [6, 6.07) is 15.2. The van der Waals surface area contributed by atoms with Crippen LogP contribution in [0.2, 0.25) is 0 Å². The molecule has 1 aliphatic rings. The smallest absolute Gasteiger partial charge is 0.255 e. The highest BCUT2D eigenvalue weighted by Crippen LogP contribution is 2.23. The van der Waals surface area contributed by atoms with Crippen LogP contribution in [-0.2, 0) is 4.74 Å². The van der Waals surface area contributed by atoms with E-state index in [-0.39, 0.29) is 5.91 Å². The first-order chi connectivity index (χ1) is 13.2. The molecule has 0 saturated carbocycles. The van der Waals surface area contributed by atoms with Crippen molar-refractivity contribution in [3.63, 3.8) is 0 Å². The van der Waals surface area contributed by atoms with E-state index < -0.39 is 0 Å². The number of unbranched alkanes of at least 4 members (excludes halogenated alkanes) is 1. The first kappa shape index (κ1) is 19.2. The summed E-state index contributed by atoms with van der Waals surface area (Å²) in [4.78, 5) is 14.7. The fraction of sp³-hybridized carbons (Fsp3) is 0.409. The lowest BCUT2D eigenvalue weighted by atomic mass is 10.2. The van der Waals surface area contributed by atoms with E-state index >= 15 is 0 Å². The number of methoxy groups -OCH3 is 1. The quantitative estimate of drug-likeness (QED) is 0.704. The van der Waals surface area contributed by atoms with E-state index in [4.69, 9.17) is 9.47 Å². The van der Waals surface area contributed by atoms with E-state index in [1.165, 1.54) is 0 Å². The number of carbonyl (C=O) groups excluding carboxylic acids is 1. The van der Waals surface area contributed by atoms with Crippen LogP contribution in [0.1, 0.15) is 36.5 Å². The molecule has 1 unspecified atom stereocenters. The predicted octanol–water partition coefficient (Wildman–Crippen LogP) is 4.34. The molecule has 2 aromatic carbocycles. The molecule has 0 spiro atoms. The van der Waals surface area contributed by atoms with Gasteiger partial charge in [-0.3, -0.25) is 4.79 Å². The van der Waals surface area contributed by atoms with E-state index in [2.05, 4.69) is 17.1 Å². The second-order valence-corrected chi connectivity index (χ2v) is 6.82. The minimum atomic E-state index is -0.122. The molecule has 144 valence electrons. The maximum atomic E-state index is 12.4. The average molecular weight is 368 g/mol. The lowest BCUT2D eigenvalue weighted by Gasteiger charge is -2.18. The molecule has 1 fully saturated rings. The van der Waals surface area contributed by atoms with Gasteiger partial charge in [-0.25, -0.2) is 0 Å². The van der Waals surface area contributed by atoms with Crippen molar-refractivity contribution in [1.29, 1.82) is 0 Å². The van der Waals surface area contributed by atoms with Crippen molar-refractivity contribution in [1.82, 2.24) is 0 Å². The van der Waals surface area contributed by atoms with Gasteiger partial charge in [-0.15, -0.1) is 0 Å². The minimum Gasteiger partial charge on any atom is -0.494 e. The van der Waals surface area contributed by atoms with Crippen molar-refractivity contribution >= 4 is 17.3 Å². The molecule has 1 atom stereocenters. The number of amides is 1. The molecular weight excluding hydrogens is 340 g/mol. The molecule has 0 aliphatic carbocycles. The molecule has 0 radical (unpaired) electrons. The summed E-state index contributed by atoms with van der Waals surface area (Å²) in [6.07, 6.45) is 3.48. The Labute approximate surface area is 161 Å². The third-order valence-electron chi connectivity index (χ3n) is 4.85. The largest absolute Gasteiger partial charge is 0.494 e. The number of rotatable bonds is 8. The highest BCUT2D eigenvalue weighted by Gasteiger charge is 2.22. The van der Waals surface area contributed by atoms with Crippen LogP contribution in [0.15, 0.2) is 48.5 Å². The van der Waals surface area contributed by atoms with Gasteiger partial charge in [0.2, 0.25) is 0 Å². The molecule has 5 nitrogen and oxygen atoms in total. The molecular formula is C22H28N2O3. The molecule has 3 rings (SSSR count). The van der Waals surface area contributed by atoms with Crippen LogP contribution in [-0.4, -0.2) is 38.8 Å². The minimum absolute atomic E-state index is 0.122. The molecule has 27 heavy (non-hydrogen) atoms. The molecule has 1 amide bonds. The van der Waals surface area contributed by atoms with Crippen molar-refractivity contribution in [2.45, 2.75) is 32.3 Å². The SMILES string of the molecule is CCCCOc1ccc(C(=O)Nc2ccc(N3CCC(OC)C3)cc2)cc1. The van der Waals surface area contributed by atoms with Crippen molar-refractivity contribution in [3.8, 4) is 5.75 Å². The fourth-order valence-electron chi connectivity index (χ4n) is 3.15. The zero-order valence-electron chi connectivity index (χ0n) is 16.1. The van der Waals surface area contributed by atoms with E-state index in [1.807, 2.05) is 36.4 Å². The predicted molar refractivity (Wildman–Crippen MR) is 109 cm³/mol. The van der Waals surface area contributed by atoms with Crippen molar-refractivity contribution < 1.29 is 14.3 Å². The molecule has 1 N–H and O–H groups in total. The highest BCUT2D eigenvalue weighted by atomic mass is 16.5. The summed E-state index contributed by atoms with van der Waals surface area (Å²) in [5.74, 6) is 0.674. The van der Waals surface area contributed by atoms with Gasteiger partial charge >= 0.3 is 0 Å². The van der Waals surface area contributed by atoms with Crippen LogP contribution in [0.3, 0.4) is 0 Å². The third-order valence-corrected chi connectivity index (χ3v) is 4.85. The zero-order valence-corrected chi connectivity index (χ0v) is 16.1. The Morgan fingerprint density at radius 2 is 1.89 bits per heavy atom. The van der Waals surface area contributed by atoms with Gasteiger partial charge in [0.05, 0.1) is 12.7 Å². The van der Waals surface area contributed by atoms with Crippen molar-refractivity contribution in [2.24, 2.45) is 0 Å². The van der Waals surface area contributed by atoms with Gasteiger partial charge in [0, 0.05) is 37.1 Å². The van der Waals surface area contributed by atoms with E-state index in [0.29, 0.717) is 18.3 Å². The Kier molecular flexibility index (Phi) is 6.71. The van der Waals surface area contributed by atoms with Crippen molar-refractivity contribution in [3.05, 3.63) is 54.1 Å². The van der Waals surface area contributed by atoms with Crippen LogP contribution in [0.4, 0.5) is 11.4 Å². The topological polar surface area (TPSA) is 50.8 Å². The summed E-state index contributed by atoms with van der Waals surface area (Å²) < 4.78 is 11.0.